The van der Waals surface area contributed by atoms with Gasteiger partial charge in [-0.15, -0.1) is 12.4 Å². The van der Waals surface area contributed by atoms with Gasteiger partial charge in [-0.25, -0.2) is 9.50 Å². The zero-order chi connectivity index (χ0) is 16.4. The Hall–Kier alpha value is -2.35. The Kier molecular flexibility index (Phi) is 5.61. The molecular formula is C15H19ClN4O4. The number of H-pyrrole nitrogens is 1. The normalized spacial score (nSPS) is 14.5. The lowest BCUT2D eigenvalue weighted by molar-refractivity contribution is -0.135. The Labute approximate surface area is 143 Å². The van der Waals surface area contributed by atoms with E-state index in [9.17, 15) is 14.4 Å². The molecule has 0 spiro atoms. The standard InChI is InChI=1S/C15H18N4O4.ClH/c20-11-6-10(5-9-3-1-2-4-9)19-14(17-8-18-19)13(11)15(23)16-7-12(21)22;/h6,8-9H,1-5,7H2,(H,16,23)(H,17,18)(H,21,22);1H. The average molecular weight is 355 g/mol. The maximum atomic E-state index is 12.3. The lowest BCUT2D eigenvalue weighted by atomic mass is 10.0. The van der Waals surface area contributed by atoms with Crippen LogP contribution in [-0.4, -0.2) is 38.1 Å². The molecule has 0 saturated heterocycles. The van der Waals surface area contributed by atoms with Crippen molar-refractivity contribution in [2.24, 2.45) is 5.92 Å². The first-order chi connectivity index (χ1) is 11.1. The largest absolute Gasteiger partial charge is 0.480 e. The van der Waals surface area contributed by atoms with Gasteiger partial charge in [-0.2, -0.15) is 0 Å². The van der Waals surface area contributed by atoms with E-state index in [1.165, 1.54) is 25.2 Å². The number of hydrogen-bond acceptors (Lipinski definition) is 4. The summed E-state index contributed by atoms with van der Waals surface area (Å²) in [6.07, 6.45) is 6.88. The average Bonchev–Trinajstić information content (AvgIpc) is 3.16. The van der Waals surface area contributed by atoms with Crippen molar-refractivity contribution in [3.05, 3.63) is 33.9 Å². The van der Waals surface area contributed by atoms with Crippen LogP contribution in [0.3, 0.4) is 0 Å². The van der Waals surface area contributed by atoms with E-state index in [4.69, 9.17) is 5.11 Å². The van der Waals surface area contributed by atoms with E-state index < -0.39 is 23.9 Å². The summed E-state index contributed by atoms with van der Waals surface area (Å²) >= 11 is 0. The van der Waals surface area contributed by atoms with Crippen molar-refractivity contribution in [1.29, 1.82) is 0 Å². The Bertz CT molecular complexity index is 807. The van der Waals surface area contributed by atoms with Crippen LogP contribution in [0.2, 0.25) is 0 Å². The minimum absolute atomic E-state index is 0. The van der Waals surface area contributed by atoms with Crippen LogP contribution in [-0.2, 0) is 11.2 Å². The van der Waals surface area contributed by atoms with Crippen LogP contribution in [0.5, 0.6) is 0 Å². The van der Waals surface area contributed by atoms with Crippen molar-refractivity contribution in [1.82, 2.24) is 19.9 Å². The van der Waals surface area contributed by atoms with Gasteiger partial charge in [0.25, 0.3) is 5.91 Å². The number of fused-ring (bicyclic) bond motifs is 1. The van der Waals surface area contributed by atoms with Crippen molar-refractivity contribution in [3.8, 4) is 0 Å². The highest BCUT2D eigenvalue weighted by atomic mass is 35.5. The molecule has 130 valence electrons. The molecule has 9 heteroatoms. The maximum Gasteiger partial charge on any atom is 0.322 e. The lowest BCUT2D eigenvalue weighted by Gasteiger charge is -2.12. The van der Waals surface area contributed by atoms with Crippen molar-refractivity contribution in [2.45, 2.75) is 32.1 Å². The van der Waals surface area contributed by atoms with Gasteiger partial charge < -0.3 is 10.4 Å². The predicted octanol–water partition coefficient (Wildman–Crippen LogP) is 0.991. The SMILES string of the molecule is Cl.O=C(O)CNC(=O)c1c(=O)cc(CC2CCCC2)n2[nH]cnc12. The highest BCUT2D eigenvalue weighted by Crippen LogP contribution is 2.27. The van der Waals surface area contributed by atoms with E-state index >= 15 is 0 Å². The molecule has 0 aliphatic heterocycles. The van der Waals surface area contributed by atoms with Gasteiger partial charge in [0.05, 0.1) is 0 Å². The number of carbonyl (C=O) groups is 2. The van der Waals surface area contributed by atoms with E-state index in [0.717, 1.165) is 25.0 Å². The summed E-state index contributed by atoms with van der Waals surface area (Å²) in [6, 6.07) is 1.44. The van der Waals surface area contributed by atoms with Crippen molar-refractivity contribution < 1.29 is 14.7 Å². The summed E-state index contributed by atoms with van der Waals surface area (Å²) in [5.74, 6) is -1.36. The highest BCUT2D eigenvalue weighted by molar-refractivity contribution is 6.00. The molecule has 1 aliphatic rings. The fourth-order valence-corrected chi connectivity index (χ4v) is 3.18. The van der Waals surface area contributed by atoms with Gasteiger partial charge in [0.1, 0.15) is 18.4 Å². The second-order valence-electron chi connectivity index (χ2n) is 5.85. The Balaban J connectivity index is 0.00000208. The molecule has 24 heavy (non-hydrogen) atoms. The van der Waals surface area contributed by atoms with Crippen LogP contribution in [0.25, 0.3) is 5.65 Å². The summed E-state index contributed by atoms with van der Waals surface area (Å²) < 4.78 is 1.63. The lowest BCUT2D eigenvalue weighted by Crippen LogP contribution is -2.33. The van der Waals surface area contributed by atoms with Gasteiger partial charge in [0, 0.05) is 11.8 Å². The molecule has 3 rings (SSSR count). The highest BCUT2D eigenvalue weighted by Gasteiger charge is 2.22. The maximum absolute atomic E-state index is 12.3. The van der Waals surface area contributed by atoms with E-state index in [1.807, 2.05) is 0 Å². The molecule has 0 radical (unpaired) electrons. The van der Waals surface area contributed by atoms with Gasteiger partial charge in [-0.1, -0.05) is 25.7 Å². The number of aromatic nitrogens is 3. The monoisotopic (exact) mass is 354 g/mol. The summed E-state index contributed by atoms with van der Waals surface area (Å²) in [5, 5.41) is 13.8. The number of carboxylic acid groups (broad SMARTS) is 1. The van der Waals surface area contributed by atoms with E-state index in [-0.39, 0.29) is 23.6 Å². The first-order valence-corrected chi connectivity index (χ1v) is 7.64. The summed E-state index contributed by atoms with van der Waals surface area (Å²) in [5.41, 5.74) is 0.452. The van der Waals surface area contributed by atoms with Crippen molar-refractivity contribution in [2.75, 3.05) is 6.54 Å². The Morgan fingerprint density at radius 1 is 1.38 bits per heavy atom. The molecule has 0 aromatic carbocycles. The number of hydrogen-bond donors (Lipinski definition) is 3. The number of nitrogens with zero attached hydrogens (tertiary/aromatic N) is 2. The van der Waals surface area contributed by atoms with E-state index in [1.54, 1.807) is 4.52 Å². The molecule has 2 aromatic heterocycles. The topological polar surface area (TPSA) is 117 Å². The second-order valence-corrected chi connectivity index (χ2v) is 5.85. The molecule has 1 amide bonds. The third-order valence-corrected chi connectivity index (χ3v) is 4.24. The molecule has 2 aromatic rings. The van der Waals surface area contributed by atoms with Crippen LogP contribution < -0.4 is 10.7 Å². The van der Waals surface area contributed by atoms with Crippen LogP contribution >= 0.6 is 12.4 Å². The zero-order valence-electron chi connectivity index (χ0n) is 12.9. The molecule has 1 fully saturated rings. The number of carboxylic acids is 1. The fourth-order valence-electron chi connectivity index (χ4n) is 3.18. The number of aliphatic carboxylic acids is 1. The number of rotatable bonds is 5. The molecule has 0 bridgehead atoms. The van der Waals surface area contributed by atoms with Crippen LogP contribution in [0.1, 0.15) is 41.7 Å². The molecule has 8 nitrogen and oxygen atoms in total. The number of pyridine rings is 1. The van der Waals surface area contributed by atoms with Crippen molar-refractivity contribution in [3.63, 3.8) is 0 Å². The zero-order valence-corrected chi connectivity index (χ0v) is 13.8. The van der Waals surface area contributed by atoms with Crippen LogP contribution in [0.4, 0.5) is 0 Å². The van der Waals surface area contributed by atoms with E-state index in [0.29, 0.717) is 5.92 Å². The number of amides is 1. The van der Waals surface area contributed by atoms with E-state index in [2.05, 4.69) is 15.4 Å². The molecule has 1 saturated carbocycles. The fraction of sp³-hybridized carbons (Fsp3) is 0.467. The number of aromatic amines is 1. The Morgan fingerprint density at radius 3 is 2.75 bits per heavy atom. The summed E-state index contributed by atoms with van der Waals surface area (Å²) in [7, 11) is 0. The molecule has 3 N–H and O–H groups in total. The third-order valence-electron chi connectivity index (χ3n) is 4.24. The van der Waals surface area contributed by atoms with Crippen LogP contribution in [0.15, 0.2) is 17.2 Å². The number of halogens is 1. The van der Waals surface area contributed by atoms with Gasteiger partial charge in [-0.05, 0) is 12.3 Å². The second kappa shape index (κ2) is 7.48. The number of nitrogens with one attached hydrogen (secondary N) is 2. The molecule has 0 unspecified atom stereocenters. The number of carbonyl (C=O) groups excluding carboxylic acids is 1. The first kappa shape index (κ1) is 18.0. The smallest absolute Gasteiger partial charge is 0.322 e. The van der Waals surface area contributed by atoms with Gasteiger partial charge >= 0.3 is 5.97 Å². The van der Waals surface area contributed by atoms with Gasteiger partial charge in [0.15, 0.2) is 11.1 Å². The summed E-state index contributed by atoms with van der Waals surface area (Å²) in [6.45, 7) is -0.543. The minimum atomic E-state index is -1.17. The minimum Gasteiger partial charge on any atom is -0.480 e. The summed E-state index contributed by atoms with van der Waals surface area (Å²) in [4.78, 5) is 39.1. The molecule has 1 aliphatic carbocycles. The van der Waals surface area contributed by atoms with Gasteiger partial charge in [0.2, 0.25) is 0 Å². The van der Waals surface area contributed by atoms with Gasteiger partial charge in [-0.3, -0.25) is 19.5 Å². The molecule has 0 atom stereocenters. The molecule has 2 heterocycles. The van der Waals surface area contributed by atoms with Crippen molar-refractivity contribution >= 4 is 29.9 Å². The molecular weight excluding hydrogens is 336 g/mol. The predicted molar refractivity (Wildman–Crippen MR) is 88.7 cm³/mol. The third kappa shape index (κ3) is 3.59. The Morgan fingerprint density at radius 2 is 2.08 bits per heavy atom. The first-order valence-electron chi connectivity index (χ1n) is 7.64. The van der Waals surface area contributed by atoms with Crippen LogP contribution in [0, 0.1) is 5.92 Å². The quantitative estimate of drug-likeness (QED) is 0.740.